The lowest BCUT2D eigenvalue weighted by molar-refractivity contribution is 0.0688. The fourth-order valence-corrected chi connectivity index (χ4v) is 3.61. The number of carbonyl (C=O) groups excluding carboxylic acids is 1. The highest BCUT2D eigenvalue weighted by molar-refractivity contribution is 6.04. The van der Waals surface area contributed by atoms with Crippen molar-refractivity contribution in [3.05, 3.63) is 42.2 Å². The van der Waals surface area contributed by atoms with Gasteiger partial charge < -0.3 is 14.7 Å². The van der Waals surface area contributed by atoms with Gasteiger partial charge in [-0.15, -0.1) is 0 Å². The van der Waals surface area contributed by atoms with Crippen LogP contribution >= 0.6 is 0 Å². The van der Waals surface area contributed by atoms with E-state index >= 15 is 0 Å². The molecule has 1 aliphatic heterocycles. The number of benzene rings is 1. The number of aromatic nitrogens is 4. The summed E-state index contributed by atoms with van der Waals surface area (Å²) in [5, 5.41) is 15.2. The molecule has 8 heteroatoms. The Balaban J connectivity index is 1.41. The highest BCUT2D eigenvalue weighted by Gasteiger charge is 2.25. The Bertz CT molecular complexity index is 1160. The van der Waals surface area contributed by atoms with Crippen LogP contribution in [0.25, 0.3) is 22.0 Å². The van der Waals surface area contributed by atoms with Crippen LogP contribution in [-0.4, -0.2) is 44.2 Å². The van der Waals surface area contributed by atoms with Gasteiger partial charge in [0.2, 0.25) is 0 Å². The van der Waals surface area contributed by atoms with E-state index in [0.717, 1.165) is 48.0 Å². The number of nitrogens with one attached hydrogen (secondary N) is 2. The number of hydrogen-bond acceptors (Lipinski definition) is 6. The molecule has 0 unspecified atom stereocenters. The minimum atomic E-state index is -0.0612. The van der Waals surface area contributed by atoms with E-state index in [1.165, 1.54) is 0 Å². The van der Waals surface area contributed by atoms with Gasteiger partial charge >= 0.3 is 0 Å². The minimum Gasteiger partial charge on any atom is -0.355 e. The maximum atomic E-state index is 12.8. The van der Waals surface area contributed by atoms with Crippen LogP contribution in [-0.2, 0) is 0 Å². The molecule has 0 atom stereocenters. The summed E-state index contributed by atoms with van der Waals surface area (Å²) in [6.45, 7) is 3.76. The second-order valence-electron chi connectivity index (χ2n) is 7.31. The molecular weight excluding hydrogens is 356 g/mol. The third-order valence-electron chi connectivity index (χ3n) is 5.33. The molecule has 1 fully saturated rings. The number of fused-ring (bicyclic) bond motifs is 2. The van der Waals surface area contributed by atoms with Gasteiger partial charge in [0.1, 0.15) is 5.52 Å². The summed E-state index contributed by atoms with van der Waals surface area (Å²) in [5.74, 6) is 1.24. The van der Waals surface area contributed by atoms with Crippen molar-refractivity contribution in [1.29, 1.82) is 0 Å². The van der Waals surface area contributed by atoms with Crippen LogP contribution in [0.4, 0.5) is 11.5 Å². The van der Waals surface area contributed by atoms with E-state index in [4.69, 9.17) is 4.52 Å². The standard InChI is InChI=1S/C20H20N6O2/c1-12-6-9-26(10-7-12)20(27)17-14-5-4-13(11-16(14)28-25-17)22-19-18-15(23-24-19)3-2-8-21-18/h2-5,8,11-12H,6-7,9-10H2,1H3,(H2,22,23,24). The number of H-pyrrole nitrogens is 1. The van der Waals surface area contributed by atoms with Gasteiger partial charge in [-0.25, -0.2) is 0 Å². The largest absolute Gasteiger partial charge is 0.355 e. The molecule has 1 amide bonds. The predicted octanol–water partition coefficient (Wildman–Crippen LogP) is 3.71. The Morgan fingerprint density at radius 3 is 3.00 bits per heavy atom. The second-order valence-corrected chi connectivity index (χ2v) is 7.31. The van der Waals surface area contributed by atoms with E-state index in [-0.39, 0.29) is 5.91 Å². The molecule has 4 aromatic rings. The van der Waals surface area contributed by atoms with Crippen LogP contribution in [0.2, 0.25) is 0 Å². The first-order chi connectivity index (χ1) is 13.7. The summed E-state index contributed by atoms with van der Waals surface area (Å²) >= 11 is 0. The number of pyridine rings is 1. The maximum Gasteiger partial charge on any atom is 0.276 e. The van der Waals surface area contributed by atoms with Crippen LogP contribution in [0.1, 0.15) is 30.3 Å². The van der Waals surface area contributed by atoms with Crippen molar-refractivity contribution in [3.8, 4) is 0 Å². The van der Waals surface area contributed by atoms with Crippen molar-refractivity contribution in [3.63, 3.8) is 0 Å². The number of hydrogen-bond donors (Lipinski definition) is 2. The Labute approximate surface area is 160 Å². The Morgan fingerprint density at radius 2 is 2.14 bits per heavy atom. The first-order valence-electron chi connectivity index (χ1n) is 9.44. The third kappa shape index (κ3) is 2.87. The summed E-state index contributed by atoms with van der Waals surface area (Å²) < 4.78 is 5.45. The monoisotopic (exact) mass is 376 g/mol. The molecule has 5 rings (SSSR count). The van der Waals surface area contributed by atoms with E-state index in [2.05, 4.69) is 32.6 Å². The molecule has 0 bridgehead atoms. The molecule has 28 heavy (non-hydrogen) atoms. The normalized spacial score (nSPS) is 15.4. The fraction of sp³-hybridized carbons (Fsp3) is 0.300. The maximum absolute atomic E-state index is 12.8. The Kier molecular flexibility index (Phi) is 3.96. The zero-order valence-electron chi connectivity index (χ0n) is 15.5. The molecule has 0 aliphatic carbocycles. The average Bonchev–Trinajstić information content (AvgIpc) is 3.32. The predicted molar refractivity (Wildman–Crippen MR) is 105 cm³/mol. The van der Waals surface area contributed by atoms with Crippen molar-refractivity contribution < 1.29 is 9.32 Å². The zero-order chi connectivity index (χ0) is 19.1. The Hall–Kier alpha value is -3.42. The lowest BCUT2D eigenvalue weighted by Gasteiger charge is -2.29. The van der Waals surface area contributed by atoms with Crippen LogP contribution in [0.5, 0.6) is 0 Å². The van der Waals surface area contributed by atoms with Crippen LogP contribution in [0.3, 0.4) is 0 Å². The molecule has 2 N–H and O–H groups in total. The highest BCUT2D eigenvalue weighted by atomic mass is 16.5. The van der Waals surface area contributed by atoms with Crippen molar-refractivity contribution in [2.75, 3.05) is 18.4 Å². The summed E-state index contributed by atoms with van der Waals surface area (Å²) in [6, 6.07) is 9.33. The van der Waals surface area contributed by atoms with Gasteiger partial charge in [0.25, 0.3) is 5.91 Å². The molecule has 4 heterocycles. The second kappa shape index (κ2) is 6.63. The van der Waals surface area contributed by atoms with Crippen molar-refractivity contribution in [1.82, 2.24) is 25.2 Å². The molecule has 1 saturated heterocycles. The van der Waals surface area contributed by atoms with E-state index in [1.54, 1.807) is 6.20 Å². The van der Waals surface area contributed by atoms with E-state index in [1.807, 2.05) is 35.2 Å². The van der Waals surface area contributed by atoms with E-state index < -0.39 is 0 Å². The number of likely N-dealkylation sites (tertiary alicyclic amines) is 1. The molecule has 1 aromatic carbocycles. The van der Waals surface area contributed by atoms with Gasteiger partial charge in [0.05, 0.1) is 10.9 Å². The summed E-state index contributed by atoms with van der Waals surface area (Å²) in [4.78, 5) is 19.0. The number of anilines is 2. The van der Waals surface area contributed by atoms with E-state index in [9.17, 15) is 4.79 Å². The zero-order valence-corrected chi connectivity index (χ0v) is 15.5. The number of piperidine rings is 1. The van der Waals surface area contributed by atoms with Crippen molar-refractivity contribution in [2.45, 2.75) is 19.8 Å². The third-order valence-corrected chi connectivity index (χ3v) is 5.33. The first-order valence-corrected chi connectivity index (χ1v) is 9.44. The Morgan fingerprint density at radius 1 is 1.29 bits per heavy atom. The van der Waals surface area contributed by atoms with Gasteiger partial charge in [-0.3, -0.25) is 14.9 Å². The van der Waals surface area contributed by atoms with Crippen molar-refractivity contribution >= 4 is 39.4 Å². The molecule has 142 valence electrons. The molecular formula is C20H20N6O2. The fourth-order valence-electron chi connectivity index (χ4n) is 3.61. The van der Waals surface area contributed by atoms with Crippen LogP contribution in [0, 0.1) is 5.92 Å². The average molecular weight is 376 g/mol. The van der Waals surface area contributed by atoms with Gasteiger partial charge in [0, 0.05) is 31.0 Å². The van der Waals surface area contributed by atoms with Crippen molar-refractivity contribution in [2.24, 2.45) is 5.92 Å². The molecule has 8 nitrogen and oxygen atoms in total. The van der Waals surface area contributed by atoms with Crippen LogP contribution in [0.15, 0.2) is 41.1 Å². The molecule has 0 spiro atoms. The SMILES string of the molecule is CC1CCN(C(=O)c2noc3cc(Nc4n[nH]c5cccnc45)ccc23)CC1. The lowest BCUT2D eigenvalue weighted by atomic mass is 9.99. The highest BCUT2D eigenvalue weighted by Crippen LogP contribution is 2.28. The van der Waals surface area contributed by atoms with Crippen LogP contribution < -0.4 is 5.32 Å². The van der Waals surface area contributed by atoms with Gasteiger partial charge in [-0.2, -0.15) is 5.10 Å². The van der Waals surface area contributed by atoms with E-state index in [0.29, 0.717) is 23.0 Å². The first kappa shape index (κ1) is 16.7. The summed E-state index contributed by atoms with van der Waals surface area (Å²) in [7, 11) is 0. The van der Waals surface area contributed by atoms with Gasteiger partial charge in [0.15, 0.2) is 17.1 Å². The topological polar surface area (TPSA) is 99.9 Å². The summed E-state index contributed by atoms with van der Waals surface area (Å²) in [5.41, 5.74) is 3.34. The molecule has 0 radical (unpaired) electrons. The van der Waals surface area contributed by atoms with Gasteiger partial charge in [-0.05, 0) is 43.0 Å². The number of carbonyl (C=O) groups is 1. The number of aromatic amines is 1. The number of rotatable bonds is 3. The molecule has 0 saturated carbocycles. The minimum absolute atomic E-state index is 0.0612. The quantitative estimate of drug-likeness (QED) is 0.565. The lowest BCUT2D eigenvalue weighted by Crippen LogP contribution is -2.38. The number of amides is 1. The smallest absolute Gasteiger partial charge is 0.276 e. The van der Waals surface area contributed by atoms with Gasteiger partial charge in [-0.1, -0.05) is 12.1 Å². The number of nitrogens with zero attached hydrogens (tertiary/aromatic N) is 4. The molecule has 1 aliphatic rings. The molecule has 3 aromatic heterocycles. The summed E-state index contributed by atoms with van der Waals surface area (Å²) in [6.07, 6.45) is 3.78.